The molecule has 2 aliphatic rings. The minimum absolute atomic E-state index is 0.135. The zero-order valence-corrected chi connectivity index (χ0v) is 9.37. The number of ether oxygens (including phenoxy) is 1. The number of hydrogen-bond acceptors (Lipinski definition) is 3. The first-order valence-electron chi connectivity index (χ1n) is 5.81. The molecule has 1 aliphatic heterocycles. The van der Waals surface area contributed by atoms with Gasteiger partial charge in [0.25, 0.3) is 0 Å². The van der Waals surface area contributed by atoms with E-state index in [1.54, 1.807) is 0 Å². The number of carbonyl (C=O) groups excluding carboxylic acids is 1. The topological polar surface area (TPSA) is 55.6 Å². The van der Waals surface area contributed by atoms with Crippen LogP contribution >= 0.6 is 0 Å². The van der Waals surface area contributed by atoms with Crippen LogP contribution in [-0.2, 0) is 9.53 Å². The molecule has 2 N–H and O–H groups in total. The zero-order valence-electron chi connectivity index (χ0n) is 9.37. The molecule has 1 heterocycles. The Morgan fingerprint density at radius 1 is 1.47 bits per heavy atom. The lowest BCUT2D eigenvalue weighted by Crippen LogP contribution is -2.58. The molecule has 15 heavy (non-hydrogen) atoms. The third-order valence-corrected chi connectivity index (χ3v) is 3.55. The molecule has 4 heteroatoms. The molecule has 1 aliphatic carbocycles. The lowest BCUT2D eigenvalue weighted by Gasteiger charge is -2.38. The maximum atomic E-state index is 12.3. The van der Waals surface area contributed by atoms with Crippen molar-refractivity contribution in [2.24, 2.45) is 5.73 Å². The Labute approximate surface area is 90.8 Å². The quantitative estimate of drug-likeness (QED) is 0.689. The second kappa shape index (κ2) is 4.10. The smallest absolute Gasteiger partial charge is 0.243 e. The minimum atomic E-state index is -0.578. The predicted octanol–water partition coefficient (Wildman–Crippen LogP) is 0.505. The molecule has 2 fully saturated rings. The number of nitrogens with zero attached hydrogens (tertiary/aromatic N) is 1. The summed E-state index contributed by atoms with van der Waals surface area (Å²) in [4.78, 5) is 14.2. The highest BCUT2D eigenvalue weighted by Gasteiger charge is 2.41. The Morgan fingerprint density at radius 2 is 2.13 bits per heavy atom. The Kier molecular flexibility index (Phi) is 2.98. The van der Waals surface area contributed by atoms with Crippen LogP contribution in [0.1, 0.15) is 32.6 Å². The largest absolute Gasteiger partial charge is 0.377 e. The van der Waals surface area contributed by atoms with Gasteiger partial charge in [0, 0.05) is 6.54 Å². The van der Waals surface area contributed by atoms with E-state index in [1.165, 1.54) is 0 Å². The van der Waals surface area contributed by atoms with Gasteiger partial charge in [0.1, 0.15) is 0 Å². The molecular weight excluding hydrogens is 192 g/mol. The lowest BCUT2D eigenvalue weighted by molar-refractivity contribution is -0.144. The van der Waals surface area contributed by atoms with Crippen LogP contribution in [-0.4, -0.2) is 42.1 Å². The van der Waals surface area contributed by atoms with E-state index in [0.29, 0.717) is 19.8 Å². The molecule has 1 saturated heterocycles. The van der Waals surface area contributed by atoms with Gasteiger partial charge in [-0.1, -0.05) is 12.8 Å². The molecule has 0 bridgehead atoms. The second-order valence-corrected chi connectivity index (χ2v) is 4.79. The van der Waals surface area contributed by atoms with E-state index in [-0.39, 0.29) is 11.9 Å². The van der Waals surface area contributed by atoms with Crippen LogP contribution in [0, 0.1) is 0 Å². The van der Waals surface area contributed by atoms with Crippen molar-refractivity contribution in [3.05, 3.63) is 0 Å². The lowest BCUT2D eigenvalue weighted by atomic mass is 9.96. The fourth-order valence-electron chi connectivity index (χ4n) is 2.53. The highest BCUT2D eigenvalue weighted by Crippen LogP contribution is 2.29. The first kappa shape index (κ1) is 10.9. The third kappa shape index (κ3) is 2.01. The van der Waals surface area contributed by atoms with E-state index < -0.39 is 5.54 Å². The van der Waals surface area contributed by atoms with Crippen LogP contribution in [0.25, 0.3) is 0 Å². The highest BCUT2D eigenvalue weighted by molar-refractivity contribution is 5.86. The van der Waals surface area contributed by atoms with Gasteiger partial charge in [-0.2, -0.15) is 0 Å². The van der Waals surface area contributed by atoms with Crippen molar-refractivity contribution in [1.29, 1.82) is 0 Å². The normalized spacial score (nSPS) is 30.5. The van der Waals surface area contributed by atoms with Crippen molar-refractivity contribution in [3.63, 3.8) is 0 Å². The van der Waals surface area contributed by atoms with Crippen molar-refractivity contribution in [1.82, 2.24) is 4.90 Å². The molecule has 0 aromatic rings. The standard InChI is InChI=1S/C11H20N2O2/c1-9-8-15-7-6-13(9)10(14)11(12)4-2-3-5-11/h9H,2-8,12H2,1H3. The Hall–Kier alpha value is -0.610. The number of rotatable bonds is 1. The molecule has 1 unspecified atom stereocenters. The molecule has 1 atom stereocenters. The van der Waals surface area contributed by atoms with Gasteiger partial charge in [0.05, 0.1) is 24.8 Å². The summed E-state index contributed by atoms with van der Waals surface area (Å²) in [5.74, 6) is 0.135. The van der Waals surface area contributed by atoms with Crippen molar-refractivity contribution in [3.8, 4) is 0 Å². The summed E-state index contributed by atoms with van der Waals surface area (Å²) in [5, 5.41) is 0. The van der Waals surface area contributed by atoms with E-state index in [2.05, 4.69) is 0 Å². The Balaban J connectivity index is 2.05. The summed E-state index contributed by atoms with van der Waals surface area (Å²) in [7, 11) is 0. The van der Waals surface area contributed by atoms with E-state index >= 15 is 0 Å². The summed E-state index contributed by atoms with van der Waals surface area (Å²) < 4.78 is 5.32. The Bertz CT molecular complexity index is 249. The fraction of sp³-hybridized carbons (Fsp3) is 0.909. The van der Waals surface area contributed by atoms with Gasteiger partial charge in [-0.15, -0.1) is 0 Å². The summed E-state index contributed by atoms with van der Waals surface area (Å²) >= 11 is 0. The maximum Gasteiger partial charge on any atom is 0.243 e. The fourth-order valence-corrected chi connectivity index (χ4v) is 2.53. The van der Waals surface area contributed by atoms with Crippen LogP contribution in [0.5, 0.6) is 0 Å². The summed E-state index contributed by atoms with van der Waals surface area (Å²) in [5.41, 5.74) is 5.59. The van der Waals surface area contributed by atoms with Crippen LogP contribution in [0.3, 0.4) is 0 Å². The maximum absolute atomic E-state index is 12.3. The van der Waals surface area contributed by atoms with Crippen LogP contribution in [0.2, 0.25) is 0 Å². The third-order valence-electron chi connectivity index (χ3n) is 3.55. The molecule has 86 valence electrons. The van der Waals surface area contributed by atoms with Gasteiger partial charge in [-0.3, -0.25) is 4.79 Å². The minimum Gasteiger partial charge on any atom is -0.377 e. The van der Waals surface area contributed by atoms with Crippen molar-refractivity contribution < 1.29 is 9.53 Å². The van der Waals surface area contributed by atoms with E-state index in [4.69, 9.17) is 10.5 Å². The first-order chi connectivity index (χ1) is 7.13. The molecule has 0 aromatic carbocycles. The monoisotopic (exact) mass is 212 g/mol. The number of hydrogen-bond donors (Lipinski definition) is 1. The molecule has 1 amide bonds. The van der Waals surface area contributed by atoms with Gasteiger partial charge in [-0.05, 0) is 19.8 Å². The highest BCUT2D eigenvalue weighted by atomic mass is 16.5. The van der Waals surface area contributed by atoms with Gasteiger partial charge in [0.2, 0.25) is 5.91 Å². The molecule has 1 saturated carbocycles. The molecule has 2 rings (SSSR count). The van der Waals surface area contributed by atoms with Crippen molar-refractivity contribution >= 4 is 5.91 Å². The van der Waals surface area contributed by atoms with Crippen molar-refractivity contribution in [2.45, 2.75) is 44.2 Å². The average Bonchev–Trinajstić information content (AvgIpc) is 2.66. The van der Waals surface area contributed by atoms with Gasteiger partial charge in [0.15, 0.2) is 0 Å². The zero-order chi connectivity index (χ0) is 10.9. The molecule has 4 nitrogen and oxygen atoms in total. The van der Waals surface area contributed by atoms with Crippen LogP contribution < -0.4 is 5.73 Å². The SMILES string of the molecule is CC1COCCN1C(=O)C1(N)CCCC1. The first-order valence-corrected chi connectivity index (χ1v) is 5.81. The Morgan fingerprint density at radius 3 is 2.73 bits per heavy atom. The number of morpholine rings is 1. The summed E-state index contributed by atoms with van der Waals surface area (Å²) in [6.45, 7) is 4.00. The van der Waals surface area contributed by atoms with Gasteiger partial charge < -0.3 is 15.4 Å². The second-order valence-electron chi connectivity index (χ2n) is 4.79. The predicted molar refractivity (Wildman–Crippen MR) is 57.4 cm³/mol. The summed E-state index contributed by atoms with van der Waals surface area (Å²) in [6.07, 6.45) is 3.85. The van der Waals surface area contributed by atoms with Crippen LogP contribution in [0.4, 0.5) is 0 Å². The van der Waals surface area contributed by atoms with E-state index in [1.807, 2.05) is 11.8 Å². The average molecular weight is 212 g/mol. The van der Waals surface area contributed by atoms with E-state index in [9.17, 15) is 4.79 Å². The molecule has 0 spiro atoms. The van der Waals surface area contributed by atoms with Crippen LogP contribution in [0.15, 0.2) is 0 Å². The van der Waals surface area contributed by atoms with E-state index in [0.717, 1.165) is 25.7 Å². The number of amides is 1. The van der Waals surface area contributed by atoms with Crippen molar-refractivity contribution in [2.75, 3.05) is 19.8 Å². The van der Waals surface area contributed by atoms with Gasteiger partial charge in [-0.25, -0.2) is 0 Å². The molecule has 0 aromatic heterocycles. The molecular formula is C11H20N2O2. The molecule has 0 radical (unpaired) electrons. The number of nitrogens with two attached hydrogens (primary N) is 1. The van der Waals surface area contributed by atoms with Gasteiger partial charge >= 0.3 is 0 Å². The summed E-state index contributed by atoms with van der Waals surface area (Å²) in [6, 6.07) is 0.173. The number of carbonyl (C=O) groups is 1.